The van der Waals surface area contributed by atoms with Crippen molar-refractivity contribution >= 4 is 11.4 Å². The molecule has 2 nitrogen and oxygen atoms in total. The number of rotatable bonds is 0. The van der Waals surface area contributed by atoms with Crippen molar-refractivity contribution in [3.8, 4) is 0 Å². The molecule has 0 saturated carbocycles. The van der Waals surface area contributed by atoms with Gasteiger partial charge in [0.05, 0.1) is 0 Å². The van der Waals surface area contributed by atoms with E-state index in [2.05, 4.69) is 12.2 Å². The Balaban J connectivity index is 0.000000160. The molecule has 3 rings (SSSR count). The second-order valence-electron chi connectivity index (χ2n) is 4.94. The predicted molar refractivity (Wildman–Crippen MR) is 78.6 cm³/mol. The summed E-state index contributed by atoms with van der Waals surface area (Å²) >= 11 is 0. The van der Waals surface area contributed by atoms with Crippen molar-refractivity contribution < 1.29 is 8.78 Å². The molecule has 0 radical (unpaired) electrons. The van der Waals surface area contributed by atoms with E-state index in [0.717, 1.165) is 24.1 Å². The van der Waals surface area contributed by atoms with Crippen molar-refractivity contribution in [2.24, 2.45) is 0 Å². The fourth-order valence-corrected chi connectivity index (χ4v) is 2.08. The van der Waals surface area contributed by atoms with Crippen molar-refractivity contribution in [1.29, 1.82) is 0 Å². The lowest BCUT2D eigenvalue weighted by atomic mass is 9.99. The summed E-state index contributed by atoms with van der Waals surface area (Å²) in [5, 5.41) is 3.32. The summed E-state index contributed by atoms with van der Waals surface area (Å²) in [6.45, 7) is 2.15. The number of halogens is 2. The minimum atomic E-state index is -0.251. The lowest BCUT2D eigenvalue weighted by Gasteiger charge is -2.23. The maximum atomic E-state index is 12.8. The van der Waals surface area contributed by atoms with Gasteiger partial charge in [0, 0.05) is 17.4 Å². The van der Waals surface area contributed by atoms with E-state index in [1.54, 1.807) is 6.07 Å². The Bertz CT molecular complexity index is 546. The highest BCUT2D eigenvalue weighted by molar-refractivity contribution is 5.53. The van der Waals surface area contributed by atoms with E-state index in [4.69, 9.17) is 5.73 Å². The average Bonchev–Trinajstić information content (AvgIpc) is 2.43. The van der Waals surface area contributed by atoms with Gasteiger partial charge < -0.3 is 11.1 Å². The molecule has 1 atom stereocenters. The number of hydrogen-bond donors (Lipinski definition) is 2. The van der Waals surface area contributed by atoms with Gasteiger partial charge in [-0.25, -0.2) is 8.78 Å². The van der Waals surface area contributed by atoms with E-state index in [1.807, 2.05) is 6.07 Å². The minimum Gasteiger partial charge on any atom is -0.399 e. The summed E-state index contributed by atoms with van der Waals surface area (Å²) in [4.78, 5) is 0. The van der Waals surface area contributed by atoms with Gasteiger partial charge in [-0.05, 0) is 67.8 Å². The number of nitrogen functional groups attached to an aromatic ring is 1. The van der Waals surface area contributed by atoms with Crippen molar-refractivity contribution in [2.45, 2.75) is 25.8 Å². The average molecular weight is 276 g/mol. The summed E-state index contributed by atoms with van der Waals surface area (Å²) in [5.41, 5.74) is 8.05. The lowest BCUT2D eigenvalue weighted by molar-refractivity contribution is 0.617. The molecule has 0 fully saturated rings. The van der Waals surface area contributed by atoms with Crippen LogP contribution in [0.4, 0.5) is 20.2 Å². The molecule has 1 unspecified atom stereocenters. The first kappa shape index (κ1) is 14.3. The van der Waals surface area contributed by atoms with Gasteiger partial charge >= 0.3 is 0 Å². The molecule has 2 aromatic rings. The monoisotopic (exact) mass is 276 g/mol. The second kappa shape index (κ2) is 6.37. The van der Waals surface area contributed by atoms with Crippen LogP contribution in [0.5, 0.6) is 0 Å². The highest BCUT2D eigenvalue weighted by Crippen LogP contribution is 2.24. The molecule has 0 amide bonds. The van der Waals surface area contributed by atoms with Gasteiger partial charge in [0.15, 0.2) is 0 Å². The molecule has 1 aliphatic rings. The van der Waals surface area contributed by atoms with Gasteiger partial charge in [-0.1, -0.05) is 0 Å². The van der Waals surface area contributed by atoms with Crippen molar-refractivity contribution in [2.75, 3.05) is 11.1 Å². The lowest BCUT2D eigenvalue weighted by Crippen LogP contribution is -2.21. The first-order valence-electron chi connectivity index (χ1n) is 6.60. The summed E-state index contributed by atoms with van der Waals surface area (Å²) in [6, 6.07) is 11.2. The van der Waals surface area contributed by atoms with Crippen molar-refractivity contribution in [1.82, 2.24) is 0 Å². The van der Waals surface area contributed by atoms with Gasteiger partial charge in [0.1, 0.15) is 11.6 Å². The fraction of sp³-hybridized carbons (Fsp3) is 0.250. The number of benzene rings is 2. The maximum absolute atomic E-state index is 12.8. The fourth-order valence-electron chi connectivity index (χ4n) is 2.08. The summed E-state index contributed by atoms with van der Waals surface area (Å²) < 4.78 is 24.8. The van der Waals surface area contributed by atoms with E-state index in [9.17, 15) is 8.78 Å². The minimum absolute atomic E-state index is 0.134. The Labute approximate surface area is 117 Å². The van der Waals surface area contributed by atoms with E-state index in [-0.39, 0.29) is 11.6 Å². The molecule has 0 aliphatic carbocycles. The molecule has 2 aromatic carbocycles. The van der Waals surface area contributed by atoms with Gasteiger partial charge in [-0.2, -0.15) is 0 Å². The number of hydrogen-bond acceptors (Lipinski definition) is 2. The van der Waals surface area contributed by atoms with Crippen LogP contribution >= 0.6 is 0 Å². The number of aryl methyl sites for hydroxylation is 1. The van der Waals surface area contributed by atoms with Crippen LogP contribution in [-0.2, 0) is 6.42 Å². The van der Waals surface area contributed by atoms with Crippen LogP contribution in [0.25, 0.3) is 0 Å². The smallest absolute Gasteiger partial charge is 0.123 e. The van der Waals surface area contributed by atoms with E-state index in [0.29, 0.717) is 11.7 Å². The molecule has 20 heavy (non-hydrogen) atoms. The van der Waals surface area contributed by atoms with E-state index >= 15 is 0 Å². The first-order chi connectivity index (χ1) is 9.54. The summed E-state index contributed by atoms with van der Waals surface area (Å²) in [5.74, 6) is -0.385. The number of nitrogens with two attached hydrogens (primary N) is 1. The highest BCUT2D eigenvalue weighted by atomic mass is 19.1. The Morgan fingerprint density at radius 2 is 1.70 bits per heavy atom. The molecule has 4 heteroatoms. The third-order valence-electron chi connectivity index (χ3n) is 3.19. The van der Waals surface area contributed by atoms with Crippen LogP contribution in [0.15, 0.2) is 42.5 Å². The van der Waals surface area contributed by atoms with Crippen LogP contribution in [0, 0.1) is 11.6 Å². The summed E-state index contributed by atoms with van der Waals surface area (Å²) in [6.07, 6.45) is 2.08. The van der Waals surface area contributed by atoms with Gasteiger partial charge in [-0.15, -0.1) is 0 Å². The van der Waals surface area contributed by atoms with E-state index < -0.39 is 0 Å². The summed E-state index contributed by atoms with van der Waals surface area (Å²) in [7, 11) is 0. The largest absolute Gasteiger partial charge is 0.399 e. The van der Waals surface area contributed by atoms with Crippen LogP contribution in [0.1, 0.15) is 18.9 Å². The Morgan fingerprint density at radius 1 is 1.05 bits per heavy atom. The molecule has 0 saturated heterocycles. The topological polar surface area (TPSA) is 38.0 Å². The van der Waals surface area contributed by atoms with Crippen LogP contribution in [0.2, 0.25) is 0 Å². The molecule has 106 valence electrons. The predicted octanol–water partition coefficient (Wildman–Crippen LogP) is 3.98. The molecule has 0 spiro atoms. The molecular weight excluding hydrogens is 258 g/mol. The van der Waals surface area contributed by atoms with Crippen LogP contribution < -0.4 is 11.1 Å². The normalized spacial score (nSPS) is 16.4. The van der Waals surface area contributed by atoms with Gasteiger partial charge in [0.25, 0.3) is 0 Å². The first-order valence-corrected chi connectivity index (χ1v) is 6.60. The van der Waals surface area contributed by atoms with Gasteiger partial charge in [0.2, 0.25) is 0 Å². The molecule has 1 aliphatic heterocycles. The Hall–Kier alpha value is -2.10. The highest BCUT2D eigenvalue weighted by Gasteiger charge is 2.13. The third kappa shape index (κ3) is 3.95. The number of fused-ring (bicyclic) bond motifs is 1. The van der Waals surface area contributed by atoms with Crippen LogP contribution in [-0.4, -0.2) is 6.04 Å². The molecular formula is C16H18F2N2. The molecule has 0 aromatic heterocycles. The van der Waals surface area contributed by atoms with Crippen LogP contribution in [0.3, 0.4) is 0 Å². The van der Waals surface area contributed by atoms with Gasteiger partial charge in [-0.3, -0.25) is 0 Å². The van der Waals surface area contributed by atoms with Crippen molar-refractivity contribution in [3.63, 3.8) is 0 Å². The molecule has 1 heterocycles. The van der Waals surface area contributed by atoms with Crippen molar-refractivity contribution in [3.05, 3.63) is 59.7 Å². The maximum Gasteiger partial charge on any atom is 0.123 e. The quantitative estimate of drug-likeness (QED) is 0.714. The van der Waals surface area contributed by atoms with E-state index in [1.165, 1.54) is 30.3 Å². The number of nitrogens with one attached hydrogen (secondary N) is 1. The number of anilines is 2. The Kier molecular flexibility index (Phi) is 4.56. The Morgan fingerprint density at radius 3 is 2.35 bits per heavy atom. The molecule has 0 bridgehead atoms. The zero-order chi connectivity index (χ0) is 14.5. The third-order valence-corrected chi connectivity index (χ3v) is 3.19. The zero-order valence-electron chi connectivity index (χ0n) is 11.4. The zero-order valence-corrected chi connectivity index (χ0v) is 11.4. The standard InChI is InChI=1S/C10H12FN.C6H6FN/c1-7-2-3-8-6-9(11)4-5-10(8)12-7;7-5-1-3-6(8)4-2-5/h4-7,12H,2-3H2,1H3;1-4H,8H2. The molecule has 3 N–H and O–H groups in total. The second-order valence-corrected chi connectivity index (χ2v) is 4.94. The SMILES string of the molecule is CC1CCc2cc(F)ccc2N1.Nc1ccc(F)cc1.